The molecule has 0 aliphatic rings. The zero-order valence-corrected chi connectivity index (χ0v) is 11.4. The maximum Gasteiger partial charge on any atom is 0.129 e. The summed E-state index contributed by atoms with van der Waals surface area (Å²) >= 11 is 3.38. The standard InChI is InChI=1S/C14H11BrN2O/c1-18-13-4-2-3-10(7-13)11-5-6-12-8-14(15)16-17(12)9-11/h2-9H,1H3. The van der Waals surface area contributed by atoms with E-state index in [1.165, 1.54) is 0 Å². The molecule has 0 spiro atoms. The van der Waals surface area contributed by atoms with Gasteiger partial charge in [-0.15, -0.1) is 0 Å². The molecule has 3 rings (SSSR count). The molecule has 0 atom stereocenters. The van der Waals surface area contributed by atoms with E-state index in [4.69, 9.17) is 4.74 Å². The van der Waals surface area contributed by atoms with Crippen LogP contribution in [0.1, 0.15) is 0 Å². The van der Waals surface area contributed by atoms with Gasteiger partial charge in [-0.25, -0.2) is 4.52 Å². The summed E-state index contributed by atoms with van der Waals surface area (Å²) in [5.74, 6) is 0.856. The van der Waals surface area contributed by atoms with Gasteiger partial charge < -0.3 is 4.74 Å². The second-order valence-electron chi connectivity index (χ2n) is 3.99. The van der Waals surface area contributed by atoms with Crippen LogP contribution >= 0.6 is 15.9 Å². The average Bonchev–Trinajstić information content (AvgIpc) is 2.77. The molecule has 0 saturated carbocycles. The highest BCUT2D eigenvalue weighted by Gasteiger charge is 2.03. The lowest BCUT2D eigenvalue weighted by atomic mass is 10.1. The lowest BCUT2D eigenvalue weighted by Gasteiger charge is -2.05. The molecule has 0 fully saturated rings. The Morgan fingerprint density at radius 3 is 2.83 bits per heavy atom. The fourth-order valence-electron chi connectivity index (χ4n) is 1.93. The van der Waals surface area contributed by atoms with Crippen molar-refractivity contribution in [2.24, 2.45) is 0 Å². The molecule has 0 bridgehead atoms. The molecule has 1 aromatic carbocycles. The summed E-state index contributed by atoms with van der Waals surface area (Å²) in [6.07, 6.45) is 2.01. The molecule has 0 amide bonds. The van der Waals surface area contributed by atoms with Crippen LogP contribution in [-0.4, -0.2) is 16.7 Å². The van der Waals surface area contributed by atoms with Gasteiger partial charge in [0.05, 0.1) is 12.6 Å². The summed E-state index contributed by atoms with van der Waals surface area (Å²) in [7, 11) is 1.67. The van der Waals surface area contributed by atoms with Crippen LogP contribution < -0.4 is 4.74 Å². The van der Waals surface area contributed by atoms with Crippen molar-refractivity contribution in [3.05, 3.63) is 53.3 Å². The minimum atomic E-state index is 0.838. The van der Waals surface area contributed by atoms with E-state index in [0.717, 1.165) is 27.0 Å². The first kappa shape index (κ1) is 11.3. The minimum absolute atomic E-state index is 0.838. The van der Waals surface area contributed by atoms with Crippen molar-refractivity contribution in [2.45, 2.75) is 0 Å². The number of pyridine rings is 1. The monoisotopic (exact) mass is 302 g/mol. The van der Waals surface area contributed by atoms with Crippen LogP contribution in [-0.2, 0) is 0 Å². The molecule has 2 heterocycles. The lowest BCUT2D eigenvalue weighted by Crippen LogP contribution is -1.89. The third kappa shape index (κ3) is 1.99. The summed E-state index contributed by atoms with van der Waals surface area (Å²) in [6, 6.07) is 14.1. The number of methoxy groups -OCH3 is 1. The predicted octanol–water partition coefficient (Wildman–Crippen LogP) is 3.77. The predicted molar refractivity (Wildman–Crippen MR) is 74.9 cm³/mol. The van der Waals surface area contributed by atoms with Crippen molar-refractivity contribution in [3.8, 4) is 16.9 Å². The highest BCUT2D eigenvalue weighted by Crippen LogP contribution is 2.24. The Morgan fingerprint density at radius 2 is 2.00 bits per heavy atom. The van der Waals surface area contributed by atoms with Crippen molar-refractivity contribution in [3.63, 3.8) is 0 Å². The average molecular weight is 303 g/mol. The number of nitrogens with zero attached hydrogens (tertiary/aromatic N) is 2. The Kier molecular flexibility index (Phi) is 2.80. The molecule has 4 heteroatoms. The van der Waals surface area contributed by atoms with Gasteiger partial charge >= 0.3 is 0 Å². The zero-order valence-electron chi connectivity index (χ0n) is 9.80. The molecule has 3 aromatic rings. The maximum absolute atomic E-state index is 5.24. The number of rotatable bonds is 2. The number of fused-ring (bicyclic) bond motifs is 1. The number of aromatic nitrogens is 2. The van der Waals surface area contributed by atoms with Gasteiger partial charge in [-0.3, -0.25) is 0 Å². The number of halogens is 1. The second kappa shape index (κ2) is 4.46. The molecule has 2 aromatic heterocycles. The SMILES string of the molecule is COc1cccc(-c2ccc3cc(Br)nn3c2)c1. The summed E-state index contributed by atoms with van der Waals surface area (Å²) in [5, 5.41) is 4.34. The van der Waals surface area contributed by atoms with Gasteiger partial charge in [0.15, 0.2) is 0 Å². The minimum Gasteiger partial charge on any atom is -0.497 e. The molecular weight excluding hydrogens is 292 g/mol. The van der Waals surface area contributed by atoms with Crippen molar-refractivity contribution in [1.82, 2.24) is 9.61 Å². The molecular formula is C14H11BrN2O. The molecule has 0 unspecified atom stereocenters. The van der Waals surface area contributed by atoms with Crippen LogP contribution in [0, 0.1) is 0 Å². The summed E-state index contributed by atoms with van der Waals surface area (Å²) < 4.78 is 7.94. The summed E-state index contributed by atoms with van der Waals surface area (Å²) in [5.41, 5.74) is 3.29. The van der Waals surface area contributed by atoms with Crippen molar-refractivity contribution >= 4 is 21.4 Å². The van der Waals surface area contributed by atoms with E-state index in [9.17, 15) is 0 Å². The van der Waals surface area contributed by atoms with Crippen LogP contribution in [0.25, 0.3) is 16.6 Å². The van der Waals surface area contributed by atoms with Crippen molar-refractivity contribution in [2.75, 3.05) is 7.11 Å². The molecule has 0 aliphatic carbocycles. The topological polar surface area (TPSA) is 26.5 Å². The highest BCUT2D eigenvalue weighted by molar-refractivity contribution is 9.10. The highest BCUT2D eigenvalue weighted by atomic mass is 79.9. The van der Waals surface area contributed by atoms with Gasteiger partial charge in [-0.2, -0.15) is 5.10 Å². The first-order valence-corrected chi connectivity index (χ1v) is 6.35. The molecule has 0 saturated heterocycles. The number of benzene rings is 1. The molecule has 3 nitrogen and oxygen atoms in total. The third-order valence-electron chi connectivity index (χ3n) is 2.83. The number of hydrogen-bond donors (Lipinski definition) is 0. The van der Waals surface area contributed by atoms with E-state index in [2.05, 4.69) is 33.2 Å². The summed E-state index contributed by atoms with van der Waals surface area (Å²) in [4.78, 5) is 0. The van der Waals surface area contributed by atoms with Crippen molar-refractivity contribution in [1.29, 1.82) is 0 Å². The van der Waals surface area contributed by atoms with Gasteiger partial charge in [0.2, 0.25) is 0 Å². The summed E-state index contributed by atoms with van der Waals surface area (Å²) in [6.45, 7) is 0. The second-order valence-corrected chi connectivity index (χ2v) is 4.80. The van der Waals surface area contributed by atoms with Gasteiger partial charge in [0, 0.05) is 11.8 Å². The van der Waals surface area contributed by atoms with Gasteiger partial charge in [-0.1, -0.05) is 18.2 Å². The molecule has 90 valence electrons. The van der Waals surface area contributed by atoms with E-state index >= 15 is 0 Å². The first-order chi connectivity index (χ1) is 8.76. The Bertz CT molecular complexity index is 706. The Morgan fingerprint density at radius 1 is 1.11 bits per heavy atom. The third-order valence-corrected chi connectivity index (χ3v) is 3.22. The fraction of sp³-hybridized carbons (Fsp3) is 0.0714. The first-order valence-electron chi connectivity index (χ1n) is 5.55. The Hall–Kier alpha value is -1.81. The van der Waals surface area contributed by atoms with Crippen molar-refractivity contribution < 1.29 is 4.74 Å². The van der Waals surface area contributed by atoms with E-state index in [0.29, 0.717) is 0 Å². The van der Waals surface area contributed by atoms with Gasteiger partial charge in [0.1, 0.15) is 10.4 Å². The molecule has 0 radical (unpaired) electrons. The largest absolute Gasteiger partial charge is 0.497 e. The lowest BCUT2D eigenvalue weighted by molar-refractivity contribution is 0.415. The van der Waals surface area contributed by atoms with Crippen LogP contribution in [0.2, 0.25) is 0 Å². The fourth-order valence-corrected chi connectivity index (χ4v) is 2.33. The van der Waals surface area contributed by atoms with E-state index < -0.39 is 0 Å². The molecule has 0 N–H and O–H groups in total. The molecule has 18 heavy (non-hydrogen) atoms. The van der Waals surface area contributed by atoms with Crippen LogP contribution in [0.4, 0.5) is 0 Å². The van der Waals surface area contributed by atoms with E-state index in [-0.39, 0.29) is 0 Å². The number of hydrogen-bond acceptors (Lipinski definition) is 2. The molecule has 0 aliphatic heterocycles. The van der Waals surface area contributed by atoms with Crippen LogP contribution in [0.5, 0.6) is 5.75 Å². The maximum atomic E-state index is 5.24. The quantitative estimate of drug-likeness (QED) is 0.720. The Balaban J connectivity index is 2.12. The van der Waals surface area contributed by atoms with E-state index in [1.807, 2.05) is 41.0 Å². The van der Waals surface area contributed by atoms with E-state index in [1.54, 1.807) is 7.11 Å². The van der Waals surface area contributed by atoms with Gasteiger partial charge in [-0.05, 0) is 45.8 Å². The number of ether oxygens (including phenoxy) is 1. The normalized spacial score (nSPS) is 10.8. The zero-order chi connectivity index (χ0) is 12.5. The van der Waals surface area contributed by atoms with Crippen LogP contribution in [0.15, 0.2) is 53.3 Å². The smallest absolute Gasteiger partial charge is 0.129 e. The Labute approximate surface area is 113 Å². The van der Waals surface area contributed by atoms with Crippen LogP contribution in [0.3, 0.4) is 0 Å². The van der Waals surface area contributed by atoms with Gasteiger partial charge in [0.25, 0.3) is 0 Å².